The SMILES string of the molecule is CN1COc2ccccc2C1/C=C/c1ccccc1. The second-order valence-electron chi connectivity index (χ2n) is 4.78. The number of hydrogen-bond acceptors (Lipinski definition) is 2. The van der Waals surface area contributed by atoms with Crippen molar-refractivity contribution in [3.8, 4) is 5.75 Å². The number of likely N-dealkylation sites (N-methyl/N-ethyl adjacent to an activating group) is 1. The van der Waals surface area contributed by atoms with Crippen molar-refractivity contribution in [3.63, 3.8) is 0 Å². The van der Waals surface area contributed by atoms with Crippen LogP contribution in [0.4, 0.5) is 0 Å². The molecule has 2 heteroatoms. The quantitative estimate of drug-likeness (QED) is 0.806. The third-order valence-corrected chi connectivity index (χ3v) is 3.41. The Balaban J connectivity index is 1.90. The summed E-state index contributed by atoms with van der Waals surface area (Å²) in [5, 5.41) is 0. The number of rotatable bonds is 2. The van der Waals surface area contributed by atoms with Gasteiger partial charge >= 0.3 is 0 Å². The van der Waals surface area contributed by atoms with E-state index in [-0.39, 0.29) is 6.04 Å². The molecule has 2 aromatic rings. The lowest BCUT2D eigenvalue weighted by Crippen LogP contribution is -2.32. The average molecular weight is 251 g/mol. The number of ether oxygens (including phenoxy) is 1. The van der Waals surface area contributed by atoms with E-state index in [4.69, 9.17) is 4.74 Å². The number of para-hydroxylation sites is 1. The second kappa shape index (κ2) is 5.29. The van der Waals surface area contributed by atoms with Gasteiger partial charge in [-0.3, -0.25) is 4.90 Å². The van der Waals surface area contributed by atoms with Crippen LogP contribution in [0.5, 0.6) is 5.75 Å². The van der Waals surface area contributed by atoms with E-state index < -0.39 is 0 Å². The maximum atomic E-state index is 5.71. The van der Waals surface area contributed by atoms with Gasteiger partial charge in [0.05, 0.1) is 6.04 Å². The van der Waals surface area contributed by atoms with Gasteiger partial charge in [0, 0.05) is 5.56 Å². The predicted octanol–water partition coefficient (Wildman–Crippen LogP) is 3.72. The van der Waals surface area contributed by atoms with Gasteiger partial charge in [-0.1, -0.05) is 60.7 Å². The Kier molecular flexibility index (Phi) is 3.34. The standard InChI is InChI=1S/C17H17NO/c1-18-13-19-17-10-6-5-9-15(17)16(18)12-11-14-7-3-2-4-8-14/h2-12,16H,13H2,1H3/b12-11+. The predicted molar refractivity (Wildman–Crippen MR) is 77.9 cm³/mol. The second-order valence-corrected chi connectivity index (χ2v) is 4.78. The van der Waals surface area contributed by atoms with E-state index in [1.807, 2.05) is 18.2 Å². The summed E-state index contributed by atoms with van der Waals surface area (Å²) in [4.78, 5) is 2.20. The van der Waals surface area contributed by atoms with Crippen molar-refractivity contribution in [2.75, 3.05) is 13.8 Å². The van der Waals surface area contributed by atoms with E-state index in [1.54, 1.807) is 0 Å². The van der Waals surface area contributed by atoms with Crippen LogP contribution in [0.3, 0.4) is 0 Å². The fourth-order valence-electron chi connectivity index (χ4n) is 2.36. The van der Waals surface area contributed by atoms with Gasteiger partial charge in [0.1, 0.15) is 12.5 Å². The number of fused-ring (bicyclic) bond motifs is 1. The Morgan fingerprint density at radius 1 is 1.05 bits per heavy atom. The molecule has 0 spiro atoms. The minimum Gasteiger partial charge on any atom is -0.478 e. The Morgan fingerprint density at radius 2 is 1.79 bits per heavy atom. The summed E-state index contributed by atoms with van der Waals surface area (Å²) in [7, 11) is 2.08. The van der Waals surface area contributed by atoms with E-state index in [1.165, 1.54) is 11.1 Å². The zero-order valence-corrected chi connectivity index (χ0v) is 11.0. The van der Waals surface area contributed by atoms with Crippen molar-refractivity contribution in [1.29, 1.82) is 0 Å². The molecular weight excluding hydrogens is 234 g/mol. The Morgan fingerprint density at radius 3 is 2.63 bits per heavy atom. The van der Waals surface area contributed by atoms with E-state index in [9.17, 15) is 0 Å². The van der Waals surface area contributed by atoms with Gasteiger partial charge in [-0.25, -0.2) is 0 Å². The molecule has 96 valence electrons. The van der Waals surface area contributed by atoms with Crippen molar-refractivity contribution in [3.05, 3.63) is 71.8 Å². The van der Waals surface area contributed by atoms with Gasteiger partial charge in [-0.15, -0.1) is 0 Å². The summed E-state index contributed by atoms with van der Waals surface area (Å²) in [6.07, 6.45) is 4.40. The molecule has 19 heavy (non-hydrogen) atoms. The summed E-state index contributed by atoms with van der Waals surface area (Å²) < 4.78 is 5.71. The monoisotopic (exact) mass is 251 g/mol. The third-order valence-electron chi connectivity index (χ3n) is 3.41. The smallest absolute Gasteiger partial charge is 0.142 e. The Bertz CT molecular complexity index is 577. The molecule has 0 fully saturated rings. The first-order valence-electron chi connectivity index (χ1n) is 6.50. The van der Waals surface area contributed by atoms with Crippen molar-refractivity contribution >= 4 is 6.08 Å². The van der Waals surface area contributed by atoms with Gasteiger partial charge in [0.25, 0.3) is 0 Å². The molecule has 0 saturated heterocycles. The first-order valence-corrected chi connectivity index (χ1v) is 6.50. The normalized spacial score (nSPS) is 19.1. The molecule has 2 nitrogen and oxygen atoms in total. The molecule has 1 heterocycles. The first kappa shape index (κ1) is 12.0. The van der Waals surface area contributed by atoms with Crippen LogP contribution < -0.4 is 4.74 Å². The minimum atomic E-state index is 0.269. The molecule has 3 rings (SSSR count). The maximum absolute atomic E-state index is 5.71. The van der Waals surface area contributed by atoms with Crippen molar-refractivity contribution in [1.82, 2.24) is 4.90 Å². The molecule has 1 aliphatic rings. The molecule has 0 saturated carbocycles. The highest BCUT2D eigenvalue weighted by Crippen LogP contribution is 2.33. The van der Waals surface area contributed by atoms with E-state index in [2.05, 4.69) is 60.5 Å². The molecule has 0 aromatic heterocycles. The fourth-order valence-corrected chi connectivity index (χ4v) is 2.36. The van der Waals surface area contributed by atoms with Crippen LogP contribution in [0.1, 0.15) is 17.2 Å². The molecule has 1 atom stereocenters. The molecule has 0 bridgehead atoms. The summed E-state index contributed by atoms with van der Waals surface area (Å²) >= 11 is 0. The summed E-state index contributed by atoms with van der Waals surface area (Å²) in [5.41, 5.74) is 2.45. The highest BCUT2D eigenvalue weighted by atomic mass is 16.5. The largest absolute Gasteiger partial charge is 0.478 e. The zero-order chi connectivity index (χ0) is 13.1. The molecule has 1 aliphatic heterocycles. The van der Waals surface area contributed by atoms with Gasteiger partial charge in [-0.2, -0.15) is 0 Å². The molecule has 1 unspecified atom stereocenters. The van der Waals surface area contributed by atoms with Crippen LogP contribution in [-0.2, 0) is 0 Å². The molecular formula is C17H17NO. The highest BCUT2D eigenvalue weighted by molar-refractivity contribution is 5.52. The summed E-state index contributed by atoms with van der Waals surface area (Å²) in [5.74, 6) is 0.989. The van der Waals surface area contributed by atoms with Crippen molar-refractivity contribution in [2.24, 2.45) is 0 Å². The van der Waals surface area contributed by atoms with Gasteiger partial charge in [0.15, 0.2) is 0 Å². The van der Waals surface area contributed by atoms with Crippen LogP contribution in [0, 0.1) is 0 Å². The van der Waals surface area contributed by atoms with E-state index in [0.717, 1.165) is 5.75 Å². The molecule has 0 amide bonds. The van der Waals surface area contributed by atoms with Gasteiger partial charge in [-0.05, 0) is 18.7 Å². The lowest BCUT2D eigenvalue weighted by atomic mass is 10.0. The molecule has 2 aromatic carbocycles. The number of nitrogens with zero attached hydrogens (tertiary/aromatic N) is 1. The van der Waals surface area contributed by atoms with Crippen LogP contribution in [0.15, 0.2) is 60.7 Å². The minimum absolute atomic E-state index is 0.269. The van der Waals surface area contributed by atoms with Crippen molar-refractivity contribution in [2.45, 2.75) is 6.04 Å². The van der Waals surface area contributed by atoms with Crippen LogP contribution in [-0.4, -0.2) is 18.7 Å². The summed E-state index contributed by atoms with van der Waals surface area (Å²) in [6.45, 7) is 0.626. The summed E-state index contributed by atoms with van der Waals surface area (Å²) in [6, 6.07) is 18.9. The Labute approximate surface area is 113 Å². The molecule has 0 radical (unpaired) electrons. The third kappa shape index (κ3) is 2.54. The van der Waals surface area contributed by atoms with Gasteiger partial charge < -0.3 is 4.74 Å². The Hall–Kier alpha value is -2.06. The lowest BCUT2D eigenvalue weighted by Gasteiger charge is -2.32. The van der Waals surface area contributed by atoms with Crippen LogP contribution in [0.25, 0.3) is 6.08 Å². The topological polar surface area (TPSA) is 12.5 Å². The number of benzene rings is 2. The highest BCUT2D eigenvalue weighted by Gasteiger charge is 2.22. The van der Waals surface area contributed by atoms with E-state index >= 15 is 0 Å². The zero-order valence-electron chi connectivity index (χ0n) is 11.0. The van der Waals surface area contributed by atoms with E-state index in [0.29, 0.717) is 6.73 Å². The average Bonchev–Trinajstić information content (AvgIpc) is 2.47. The maximum Gasteiger partial charge on any atom is 0.142 e. The van der Waals surface area contributed by atoms with Crippen LogP contribution in [0.2, 0.25) is 0 Å². The molecule has 0 N–H and O–H groups in total. The van der Waals surface area contributed by atoms with Crippen LogP contribution >= 0.6 is 0 Å². The lowest BCUT2D eigenvalue weighted by molar-refractivity contribution is 0.102. The molecule has 0 aliphatic carbocycles. The van der Waals surface area contributed by atoms with Gasteiger partial charge in [0.2, 0.25) is 0 Å². The van der Waals surface area contributed by atoms with Crippen molar-refractivity contribution < 1.29 is 4.74 Å². The first-order chi connectivity index (χ1) is 9.34. The number of hydrogen-bond donors (Lipinski definition) is 0. The fraction of sp³-hybridized carbons (Fsp3) is 0.176.